The fourth-order valence-electron chi connectivity index (χ4n) is 2.35. The van der Waals surface area contributed by atoms with Gasteiger partial charge in [0.05, 0.1) is 19.6 Å². The van der Waals surface area contributed by atoms with Gasteiger partial charge in [-0.1, -0.05) is 12.1 Å². The zero-order valence-corrected chi connectivity index (χ0v) is 10.5. The Morgan fingerprint density at radius 3 is 2.53 bits per heavy atom. The fraction of sp³-hybridized carbons (Fsp3) is 0.462. The molecule has 19 heavy (non-hydrogen) atoms. The lowest BCUT2D eigenvalue weighted by atomic mass is 9.86. The largest absolute Gasteiger partial charge is 0.497 e. The first-order valence-electron chi connectivity index (χ1n) is 5.93. The summed E-state index contributed by atoms with van der Waals surface area (Å²) in [7, 11) is 1.51. The second-order valence-electron chi connectivity index (χ2n) is 4.58. The molecule has 1 unspecified atom stereocenters. The monoisotopic (exact) mass is 271 g/mol. The van der Waals surface area contributed by atoms with Crippen molar-refractivity contribution in [2.45, 2.75) is 18.3 Å². The van der Waals surface area contributed by atoms with Gasteiger partial charge in [-0.25, -0.2) is 13.6 Å². The molecule has 0 aliphatic carbocycles. The summed E-state index contributed by atoms with van der Waals surface area (Å²) < 4.78 is 33.0. The number of ether oxygens (including phenoxy) is 1. The summed E-state index contributed by atoms with van der Waals surface area (Å²) >= 11 is 0. The molecule has 2 rings (SSSR count). The Kier molecular flexibility index (Phi) is 3.59. The average molecular weight is 271 g/mol. The van der Waals surface area contributed by atoms with E-state index in [4.69, 9.17) is 9.84 Å². The van der Waals surface area contributed by atoms with Crippen LogP contribution in [0.5, 0.6) is 5.75 Å². The molecular weight excluding hydrogens is 256 g/mol. The second-order valence-corrected chi connectivity index (χ2v) is 4.58. The Balaban J connectivity index is 2.18. The number of nitrogens with zero attached hydrogens (tertiary/aromatic N) is 1. The van der Waals surface area contributed by atoms with Gasteiger partial charge in [-0.3, -0.25) is 0 Å². The van der Waals surface area contributed by atoms with E-state index < -0.39 is 24.5 Å². The molecular formula is C13H15F2NO3. The highest BCUT2D eigenvalue weighted by Crippen LogP contribution is 2.40. The van der Waals surface area contributed by atoms with Gasteiger partial charge in [0.25, 0.3) is 5.92 Å². The number of carbonyl (C=O) groups is 1. The standard InChI is InChI=1S/C13H15F2NO3/c1-19-10-4-2-9(3-5-10)11-6-7-16(12(17)18)8-13(11,14)15/h2-5,11H,6-8H2,1H3,(H,17,18). The van der Waals surface area contributed by atoms with E-state index in [-0.39, 0.29) is 13.0 Å². The van der Waals surface area contributed by atoms with Crippen LogP contribution in [0.3, 0.4) is 0 Å². The minimum atomic E-state index is -3.05. The Bertz CT molecular complexity index is 461. The molecule has 1 heterocycles. The van der Waals surface area contributed by atoms with Crippen molar-refractivity contribution in [3.8, 4) is 5.75 Å². The molecule has 0 aromatic heterocycles. The number of halogens is 2. The number of amides is 1. The van der Waals surface area contributed by atoms with Crippen LogP contribution < -0.4 is 4.74 Å². The minimum absolute atomic E-state index is 0.117. The van der Waals surface area contributed by atoms with Crippen molar-refractivity contribution in [3.05, 3.63) is 29.8 Å². The summed E-state index contributed by atoms with van der Waals surface area (Å²) in [4.78, 5) is 11.5. The van der Waals surface area contributed by atoms with E-state index in [1.807, 2.05) is 0 Å². The maximum absolute atomic E-state index is 14.0. The molecule has 1 aromatic rings. The number of rotatable bonds is 2. The van der Waals surface area contributed by atoms with Gasteiger partial charge >= 0.3 is 6.09 Å². The van der Waals surface area contributed by atoms with Crippen LogP contribution in [-0.2, 0) is 0 Å². The number of hydrogen-bond donors (Lipinski definition) is 1. The third-order valence-corrected chi connectivity index (χ3v) is 3.39. The zero-order valence-electron chi connectivity index (χ0n) is 10.5. The van der Waals surface area contributed by atoms with E-state index in [1.165, 1.54) is 7.11 Å². The predicted octanol–water partition coefficient (Wildman–Crippen LogP) is 2.80. The van der Waals surface area contributed by atoms with Gasteiger partial charge in [0.2, 0.25) is 0 Å². The average Bonchev–Trinajstić information content (AvgIpc) is 2.37. The third-order valence-electron chi connectivity index (χ3n) is 3.39. The molecule has 1 amide bonds. The first-order valence-corrected chi connectivity index (χ1v) is 5.93. The number of likely N-dealkylation sites (tertiary alicyclic amines) is 1. The van der Waals surface area contributed by atoms with Crippen molar-refractivity contribution in [1.82, 2.24) is 4.90 Å². The first kappa shape index (κ1) is 13.6. The summed E-state index contributed by atoms with van der Waals surface area (Å²) in [5.74, 6) is -3.39. The van der Waals surface area contributed by atoms with Crippen LogP contribution in [0.1, 0.15) is 17.9 Å². The molecule has 4 nitrogen and oxygen atoms in total. The number of alkyl halides is 2. The summed E-state index contributed by atoms with van der Waals surface area (Å²) in [5.41, 5.74) is 0.510. The first-order chi connectivity index (χ1) is 8.94. The quantitative estimate of drug-likeness (QED) is 0.899. The molecule has 1 aliphatic rings. The van der Waals surface area contributed by atoms with Crippen LogP contribution >= 0.6 is 0 Å². The highest BCUT2D eigenvalue weighted by molar-refractivity contribution is 5.65. The predicted molar refractivity (Wildman–Crippen MR) is 64.9 cm³/mol. The summed E-state index contributed by atoms with van der Waals surface area (Å²) in [6, 6.07) is 6.48. The van der Waals surface area contributed by atoms with E-state index in [2.05, 4.69) is 0 Å². The lowest BCUT2D eigenvalue weighted by Crippen LogP contribution is -2.49. The molecule has 1 aliphatic heterocycles. The second kappa shape index (κ2) is 5.03. The number of piperidine rings is 1. The van der Waals surface area contributed by atoms with Crippen LogP contribution in [-0.4, -0.2) is 42.2 Å². The summed E-state index contributed by atoms with van der Waals surface area (Å²) in [6.45, 7) is -0.624. The molecule has 6 heteroatoms. The fourth-order valence-corrected chi connectivity index (χ4v) is 2.35. The van der Waals surface area contributed by atoms with Crippen LogP contribution in [0.15, 0.2) is 24.3 Å². The Labute approximate surface area is 109 Å². The highest BCUT2D eigenvalue weighted by atomic mass is 19.3. The third kappa shape index (κ3) is 2.77. The number of benzene rings is 1. The SMILES string of the molecule is COc1ccc(C2CCN(C(=O)O)CC2(F)F)cc1. The van der Waals surface area contributed by atoms with Crippen molar-refractivity contribution in [3.63, 3.8) is 0 Å². The lowest BCUT2D eigenvalue weighted by Gasteiger charge is -2.37. The Hall–Kier alpha value is -1.85. The molecule has 0 spiro atoms. The molecule has 1 saturated heterocycles. The van der Waals surface area contributed by atoms with Gasteiger partial charge in [0, 0.05) is 6.54 Å². The van der Waals surface area contributed by atoms with Gasteiger partial charge in [0.1, 0.15) is 5.75 Å². The Morgan fingerprint density at radius 1 is 1.42 bits per heavy atom. The van der Waals surface area contributed by atoms with E-state index in [0.29, 0.717) is 11.3 Å². The molecule has 1 aromatic carbocycles. The molecule has 0 radical (unpaired) electrons. The van der Waals surface area contributed by atoms with E-state index in [1.54, 1.807) is 24.3 Å². The maximum Gasteiger partial charge on any atom is 0.407 e. The van der Waals surface area contributed by atoms with Crippen molar-refractivity contribution in [2.75, 3.05) is 20.2 Å². The smallest absolute Gasteiger partial charge is 0.407 e. The number of hydrogen-bond acceptors (Lipinski definition) is 2. The van der Waals surface area contributed by atoms with Crippen molar-refractivity contribution in [2.24, 2.45) is 0 Å². The van der Waals surface area contributed by atoms with Gasteiger partial charge < -0.3 is 14.7 Å². The lowest BCUT2D eigenvalue weighted by molar-refractivity contribution is -0.0761. The summed E-state index contributed by atoms with van der Waals surface area (Å²) in [5, 5.41) is 8.77. The summed E-state index contributed by atoms with van der Waals surface area (Å²) in [6.07, 6.45) is -1.18. The van der Waals surface area contributed by atoms with E-state index >= 15 is 0 Å². The molecule has 104 valence electrons. The topological polar surface area (TPSA) is 49.8 Å². The van der Waals surface area contributed by atoms with Crippen LogP contribution in [0, 0.1) is 0 Å². The molecule has 0 saturated carbocycles. The van der Waals surface area contributed by atoms with Crippen molar-refractivity contribution >= 4 is 6.09 Å². The van der Waals surface area contributed by atoms with Gasteiger partial charge in [-0.05, 0) is 24.1 Å². The van der Waals surface area contributed by atoms with Crippen LogP contribution in [0.25, 0.3) is 0 Å². The molecule has 0 bridgehead atoms. The van der Waals surface area contributed by atoms with Gasteiger partial charge in [-0.2, -0.15) is 0 Å². The van der Waals surface area contributed by atoms with Crippen LogP contribution in [0.2, 0.25) is 0 Å². The van der Waals surface area contributed by atoms with Crippen molar-refractivity contribution in [1.29, 1.82) is 0 Å². The minimum Gasteiger partial charge on any atom is -0.497 e. The van der Waals surface area contributed by atoms with Gasteiger partial charge in [0.15, 0.2) is 0 Å². The normalized spacial score (nSPS) is 22.1. The van der Waals surface area contributed by atoms with Crippen LogP contribution in [0.4, 0.5) is 13.6 Å². The number of methoxy groups -OCH3 is 1. The molecule has 1 atom stereocenters. The van der Waals surface area contributed by atoms with E-state index in [9.17, 15) is 13.6 Å². The molecule has 1 N–H and O–H groups in total. The number of carboxylic acid groups (broad SMARTS) is 1. The van der Waals surface area contributed by atoms with Gasteiger partial charge in [-0.15, -0.1) is 0 Å². The maximum atomic E-state index is 14.0. The highest BCUT2D eigenvalue weighted by Gasteiger charge is 2.46. The van der Waals surface area contributed by atoms with E-state index in [0.717, 1.165) is 4.90 Å². The Morgan fingerprint density at radius 2 is 2.05 bits per heavy atom. The zero-order chi connectivity index (χ0) is 14.0. The molecule has 1 fully saturated rings. The van der Waals surface area contributed by atoms with Crippen molar-refractivity contribution < 1.29 is 23.4 Å².